The van der Waals surface area contributed by atoms with Crippen LogP contribution in [-0.2, 0) is 9.59 Å². The van der Waals surface area contributed by atoms with Gasteiger partial charge in [-0.3, -0.25) is 9.59 Å². The summed E-state index contributed by atoms with van der Waals surface area (Å²) in [6, 6.07) is 0.346. The molecule has 2 saturated carbocycles. The third-order valence-electron chi connectivity index (χ3n) is 7.07. The molecule has 0 aromatic carbocycles. The Labute approximate surface area is 160 Å². The van der Waals surface area contributed by atoms with Crippen molar-refractivity contribution < 1.29 is 9.59 Å². The van der Waals surface area contributed by atoms with Crippen molar-refractivity contribution in [2.24, 2.45) is 17.3 Å². The van der Waals surface area contributed by atoms with E-state index in [1.54, 1.807) is 0 Å². The van der Waals surface area contributed by atoms with Crippen molar-refractivity contribution in [3.05, 3.63) is 18.2 Å². The normalized spacial score (nSPS) is 30.9. The Morgan fingerprint density at radius 1 is 1.30 bits per heavy atom. The zero-order valence-electron chi connectivity index (χ0n) is 16.4. The first kappa shape index (κ1) is 17.3. The first-order chi connectivity index (χ1) is 13.0. The fraction of sp³-hybridized carbons (Fsp3) is 0.762. The van der Waals surface area contributed by atoms with Gasteiger partial charge in [0.25, 0.3) is 0 Å². The molecule has 5 rings (SSSR count). The summed E-state index contributed by atoms with van der Waals surface area (Å²) in [5.41, 5.74) is 0.520. The summed E-state index contributed by atoms with van der Waals surface area (Å²) >= 11 is 0. The van der Waals surface area contributed by atoms with Gasteiger partial charge in [0.1, 0.15) is 0 Å². The van der Waals surface area contributed by atoms with Gasteiger partial charge in [-0.15, -0.1) is 0 Å². The number of hydrogen-bond donors (Lipinski definition) is 0. The maximum absolute atomic E-state index is 13.5. The van der Waals surface area contributed by atoms with Crippen molar-refractivity contribution in [1.29, 1.82) is 0 Å². The average Bonchev–Trinajstić information content (AvgIpc) is 3.55. The first-order valence-corrected chi connectivity index (χ1v) is 10.6. The minimum Gasteiger partial charge on any atom is -0.342 e. The SMILES string of the molecule is CC(C)n1cnc([C@@H]2CN(C(=O)C3CC3)C[C@@]23CCN(CC2CC2)C3=O)c1. The Morgan fingerprint density at radius 2 is 2.07 bits per heavy atom. The molecule has 27 heavy (non-hydrogen) atoms. The van der Waals surface area contributed by atoms with Crippen molar-refractivity contribution in [3.8, 4) is 0 Å². The van der Waals surface area contributed by atoms with Crippen LogP contribution < -0.4 is 0 Å². The van der Waals surface area contributed by atoms with Crippen molar-refractivity contribution in [2.45, 2.75) is 57.9 Å². The molecule has 1 aromatic heterocycles. The second-order valence-electron chi connectivity index (χ2n) is 9.49. The van der Waals surface area contributed by atoms with E-state index < -0.39 is 5.41 Å². The van der Waals surface area contributed by atoms with Crippen LogP contribution in [0.1, 0.15) is 63.6 Å². The van der Waals surface area contributed by atoms with Crippen molar-refractivity contribution in [2.75, 3.05) is 26.2 Å². The summed E-state index contributed by atoms with van der Waals surface area (Å²) in [6.45, 7) is 7.25. The standard InChI is InChI=1S/C21H30N4O2/c1-14(2)25-11-18(22-13-25)17-10-24(19(26)16-5-6-16)12-21(17)7-8-23(20(21)27)9-15-3-4-15/h11,13-17H,3-10,12H2,1-2H3/t17-,21-/m0/s1. The van der Waals surface area contributed by atoms with Gasteiger partial charge < -0.3 is 14.4 Å². The summed E-state index contributed by atoms with van der Waals surface area (Å²) in [6.07, 6.45) is 9.36. The molecule has 2 atom stereocenters. The van der Waals surface area contributed by atoms with Gasteiger partial charge in [0.2, 0.25) is 11.8 Å². The van der Waals surface area contributed by atoms with Gasteiger partial charge in [-0.2, -0.15) is 0 Å². The molecule has 3 heterocycles. The monoisotopic (exact) mass is 370 g/mol. The number of rotatable bonds is 5. The molecule has 6 heteroatoms. The third kappa shape index (κ3) is 2.88. The molecule has 1 spiro atoms. The predicted molar refractivity (Wildman–Crippen MR) is 101 cm³/mol. The van der Waals surface area contributed by atoms with E-state index in [0.717, 1.165) is 38.0 Å². The van der Waals surface area contributed by atoms with Crippen molar-refractivity contribution in [3.63, 3.8) is 0 Å². The Hall–Kier alpha value is -1.85. The molecule has 0 bridgehead atoms. The Morgan fingerprint density at radius 3 is 2.70 bits per heavy atom. The maximum Gasteiger partial charge on any atom is 0.231 e. The summed E-state index contributed by atoms with van der Waals surface area (Å²) in [7, 11) is 0. The van der Waals surface area contributed by atoms with Crippen LogP contribution in [0.3, 0.4) is 0 Å². The quantitative estimate of drug-likeness (QED) is 0.800. The van der Waals surface area contributed by atoms with Crippen LogP contribution in [0, 0.1) is 17.3 Å². The van der Waals surface area contributed by atoms with E-state index in [-0.39, 0.29) is 23.7 Å². The molecule has 1 aromatic rings. The van der Waals surface area contributed by atoms with Gasteiger partial charge in [0, 0.05) is 50.3 Å². The van der Waals surface area contributed by atoms with E-state index in [1.807, 2.05) is 11.2 Å². The lowest BCUT2D eigenvalue weighted by atomic mass is 9.75. The highest BCUT2D eigenvalue weighted by Crippen LogP contribution is 2.51. The molecule has 4 fully saturated rings. The summed E-state index contributed by atoms with van der Waals surface area (Å²) in [5.74, 6) is 1.46. The molecule has 0 radical (unpaired) electrons. The lowest BCUT2D eigenvalue weighted by Crippen LogP contribution is -2.41. The molecular weight excluding hydrogens is 340 g/mol. The van der Waals surface area contributed by atoms with E-state index >= 15 is 0 Å². The maximum atomic E-state index is 13.5. The third-order valence-corrected chi connectivity index (χ3v) is 7.07. The van der Waals surface area contributed by atoms with Crippen LogP contribution in [0.15, 0.2) is 12.5 Å². The molecule has 2 amide bonds. The molecular formula is C21H30N4O2. The number of aromatic nitrogens is 2. The number of imidazole rings is 1. The molecule has 2 aliphatic heterocycles. The molecule has 146 valence electrons. The van der Waals surface area contributed by atoms with E-state index in [9.17, 15) is 9.59 Å². The van der Waals surface area contributed by atoms with Gasteiger partial charge in [0.05, 0.1) is 17.4 Å². The van der Waals surface area contributed by atoms with Crippen LogP contribution in [0.4, 0.5) is 0 Å². The lowest BCUT2D eigenvalue weighted by molar-refractivity contribution is -0.137. The lowest BCUT2D eigenvalue weighted by Gasteiger charge is -2.28. The zero-order valence-corrected chi connectivity index (χ0v) is 16.4. The van der Waals surface area contributed by atoms with Gasteiger partial charge in [-0.05, 0) is 51.9 Å². The Balaban J connectivity index is 1.45. The highest BCUT2D eigenvalue weighted by atomic mass is 16.2. The van der Waals surface area contributed by atoms with Gasteiger partial charge >= 0.3 is 0 Å². The van der Waals surface area contributed by atoms with Crippen LogP contribution >= 0.6 is 0 Å². The Bertz CT molecular complexity index is 764. The average molecular weight is 370 g/mol. The van der Waals surface area contributed by atoms with Gasteiger partial charge in [0.15, 0.2) is 0 Å². The van der Waals surface area contributed by atoms with E-state index in [2.05, 4.69) is 34.5 Å². The van der Waals surface area contributed by atoms with Crippen LogP contribution in [0.25, 0.3) is 0 Å². The number of likely N-dealkylation sites (tertiary alicyclic amines) is 2. The number of carbonyl (C=O) groups is 2. The fourth-order valence-electron chi connectivity index (χ4n) is 4.97. The summed E-state index contributed by atoms with van der Waals surface area (Å²) in [5, 5.41) is 0. The summed E-state index contributed by atoms with van der Waals surface area (Å²) in [4.78, 5) is 35.1. The summed E-state index contributed by atoms with van der Waals surface area (Å²) < 4.78 is 2.11. The molecule has 6 nitrogen and oxygen atoms in total. The topological polar surface area (TPSA) is 58.4 Å². The van der Waals surface area contributed by atoms with Crippen LogP contribution in [-0.4, -0.2) is 57.3 Å². The minimum atomic E-state index is -0.463. The molecule has 0 unspecified atom stereocenters. The molecule has 2 saturated heterocycles. The predicted octanol–water partition coefficient (Wildman–Crippen LogP) is 2.43. The Kier molecular flexibility index (Phi) is 3.89. The number of amides is 2. The number of carbonyl (C=O) groups excluding carboxylic acids is 2. The van der Waals surface area contributed by atoms with Gasteiger partial charge in [-0.25, -0.2) is 4.98 Å². The van der Waals surface area contributed by atoms with E-state index in [4.69, 9.17) is 0 Å². The second kappa shape index (κ2) is 6.08. The van der Waals surface area contributed by atoms with Crippen LogP contribution in [0.5, 0.6) is 0 Å². The highest BCUT2D eigenvalue weighted by Gasteiger charge is 2.59. The minimum absolute atomic E-state index is 0.0249. The second-order valence-corrected chi connectivity index (χ2v) is 9.49. The molecule has 2 aliphatic carbocycles. The zero-order chi connectivity index (χ0) is 18.8. The first-order valence-electron chi connectivity index (χ1n) is 10.6. The molecule has 0 N–H and O–H groups in total. The van der Waals surface area contributed by atoms with Crippen molar-refractivity contribution >= 4 is 11.8 Å². The largest absolute Gasteiger partial charge is 0.342 e. The van der Waals surface area contributed by atoms with E-state index in [1.165, 1.54) is 12.8 Å². The fourth-order valence-corrected chi connectivity index (χ4v) is 4.97. The number of hydrogen-bond acceptors (Lipinski definition) is 3. The molecule has 4 aliphatic rings. The van der Waals surface area contributed by atoms with Crippen molar-refractivity contribution in [1.82, 2.24) is 19.4 Å². The van der Waals surface area contributed by atoms with Gasteiger partial charge in [-0.1, -0.05) is 0 Å². The number of nitrogens with zero attached hydrogens (tertiary/aromatic N) is 4. The smallest absolute Gasteiger partial charge is 0.231 e. The van der Waals surface area contributed by atoms with Crippen LogP contribution in [0.2, 0.25) is 0 Å². The highest BCUT2D eigenvalue weighted by molar-refractivity contribution is 5.89. The van der Waals surface area contributed by atoms with E-state index in [0.29, 0.717) is 25.0 Å².